The van der Waals surface area contributed by atoms with Crippen LogP contribution < -0.4 is 10.1 Å². The average Bonchev–Trinajstić information content (AvgIpc) is 2.35. The number of benzene rings is 1. The molecule has 0 bridgehead atoms. The quantitative estimate of drug-likeness (QED) is 0.808. The minimum absolute atomic E-state index is 0.0890. The molecule has 0 radical (unpaired) electrons. The molecule has 0 fully saturated rings. The van der Waals surface area contributed by atoms with Gasteiger partial charge in [0.15, 0.2) is 0 Å². The van der Waals surface area contributed by atoms with Gasteiger partial charge >= 0.3 is 0 Å². The lowest BCUT2D eigenvalue weighted by Gasteiger charge is -2.23. The molecule has 0 aliphatic carbocycles. The van der Waals surface area contributed by atoms with Crippen LogP contribution in [-0.4, -0.2) is 30.6 Å². The first-order chi connectivity index (χ1) is 7.94. The van der Waals surface area contributed by atoms with Gasteiger partial charge < -0.3 is 10.1 Å². The second-order valence-corrected chi connectivity index (χ2v) is 5.78. The Morgan fingerprint density at radius 2 is 2.06 bits per heavy atom. The molecule has 0 atom stereocenters. The van der Waals surface area contributed by atoms with E-state index < -0.39 is 0 Å². The Morgan fingerprint density at radius 3 is 2.76 bits per heavy atom. The van der Waals surface area contributed by atoms with E-state index in [4.69, 9.17) is 4.74 Å². The molecule has 3 heteroatoms. The third kappa shape index (κ3) is 3.37. The summed E-state index contributed by atoms with van der Waals surface area (Å²) in [7, 11) is 2.13. The van der Waals surface area contributed by atoms with Crippen molar-refractivity contribution in [2.75, 3.05) is 25.5 Å². The lowest BCUT2D eigenvalue weighted by molar-refractivity contribution is 0.259. The fourth-order valence-corrected chi connectivity index (χ4v) is 2.04. The summed E-state index contributed by atoms with van der Waals surface area (Å²) in [5, 5.41) is 3.49. The summed E-state index contributed by atoms with van der Waals surface area (Å²) in [5.74, 6) is 1.02. The summed E-state index contributed by atoms with van der Waals surface area (Å²) in [6.07, 6.45) is 0. The molecule has 1 heterocycles. The number of hydrogen-bond donors (Lipinski definition) is 1. The van der Waals surface area contributed by atoms with Crippen molar-refractivity contribution in [2.45, 2.75) is 32.9 Å². The summed E-state index contributed by atoms with van der Waals surface area (Å²) < 4.78 is 5.73. The van der Waals surface area contributed by atoms with E-state index in [9.17, 15) is 0 Å². The number of hydrogen-bond acceptors (Lipinski definition) is 3. The minimum atomic E-state index is 0.0890. The van der Waals surface area contributed by atoms with Crippen LogP contribution in [0, 0.1) is 0 Å². The van der Waals surface area contributed by atoms with E-state index in [2.05, 4.69) is 56.2 Å². The predicted octanol–water partition coefficient (Wildman–Crippen LogP) is 2.72. The molecular weight excluding hydrogens is 212 g/mol. The highest BCUT2D eigenvalue weighted by Crippen LogP contribution is 2.27. The van der Waals surface area contributed by atoms with Crippen LogP contribution >= 0.6 is 0 Å². The smallest absolute Gasteiger partial charge is 0.124 e. The maximum atomic E-state index is 5.73. The largest absolute Gasteiger partial charge is 0.492 e. The van der Waals surface area contributed by atoms with Crippen molar-refractivity contribution in [1.29, 1.82) is 0 Å². The lowest BCUT2D eigenvalue weighted by atomic mass is 10.1. The van der Waals surface area contributed by atoms with Crippen molar-refractivity contribution in [3.05, 3.63) is 23.8 Å². The Morgan fingerprint density at radius 1 is 1.29 bits per heavy atom. The first kappa shape index (κ1) is 12.2. The van der Waals surface area contributed by atoms with Crippen LogP contribution in [0.2, 0.25) is 0 Å². The Labute approximate surface area is 104 Å². The van der Waals surface area contributed by atoms with Crippen LogP contribution in [0.5, 0.6) is 5.75 Å². The van der Waals surface area contributed by atoms with E-state index in [-0.39, 0.29) is 5.54 Å². The summed E-state index contributed by atoms with van der Waals surface area (Å²) in [5.41, 5.74) is 2.51. The van der Waals surface area contributed by atoms with Gasteiger partial charge in [-0.2, -0.15) is 0 Å². The second kappa shape index (κ2) is 4.57. The summed E-state index contributed by atoms with van der Waals surface area (Å²) in [6.45, 7) is 9.21. The number of anilines is 1. The number of ether oxygens (including phenoxy) is 1. The third-order valence-corrected chi connectivity index (χ3v) is 2.75. The fourth-order valence-electron chi connectivity index (χ4n) is 2.04. The second-order valence-electron chi connectivity index (χ2n) is 5.78. The summed E-state index contributed by atoms with van der Waals surface area (Å²) >= 11 is 0. The maximum Gasteiger partial charge on any atom is 0.124 e. The first-order valence-electron chi connectivity index (χ1n) is 6.16. The van der Waals surface area contributed by atoms with Gasteiger partial charge in [-0.05, 0) is 46.0 Å². The van der Waals surface area contributed by atoms with Gasteiger partial charge in [-0.1, -0.05) is 0 Å². The molecule has 0 unspecified atom stereocenters. The van der Waals surface area contributed by atoms with E-state index in [1.165, 1.54) is 5.56 Å². The van der Waals surface area contributed by atoms with Crippen LogP contribution in [0.4, 0.5) is 5.69 Å². The van der Waals surface area contributed by atoms with Crippen molar-refractivity contribution in [1.82, 2.24) is 4.90 Å². The Kier molecular flexibility index (Phi) is 3.29. The van der Waals surface area contributed by atoms with Crippen LogP contribution in [0.1, 0.15) is 26.3 Å². The van der Waals surface area contributed by atoms with Gasteiger partial charge in [0, 0.05) is 29.9 Å². The number of likely N-dealkylation sites (N-methyl/N-ethyl adjacent to an activating group) is 1. The molecule has 1 aromatic carbocycles. The number of fused-ring (bicyclic) bond motifs is 1. The van der Waals surface area contributed by atoms with E-state index in [0.717, 1.165) is 31.1 Å². The molecule has 3 nitrogen and oxygen atoms in total. The van der Waals surface area contributed by atoms with Gasteiger partial charge in [0.25, 0.3) is 0 Å². The molecule has 17 heavy (non-hydrogen) atoms. The van der Waals surface area contributed by atoms with Crippen LogP contribution in [0.3, 0.4) is 0 Å². The van der Waals surface area contributed by atoms with Gasteiger partial charge in [-0.25, -0.2) is 0 Å². The summed E-state index contributed by atoms with van der Waals surface area (Å²) in [6, 6.07) is 6.36. The maximum absolute atomic E-state index is 5.73. The molecule has 1 aliphatic rings. The molecular formula is C14H22N2O. The first-order valence-corrected chi connectivity index (χ1v) is 6.16. The number of nitrogens with zero attached hydrogens (tertiary/aromatic N) is 1. The lowest BCUT2D eigenvalue weighted by Crippen LogP contribution is -2.26. The average molecular weight is 234 g/mol. The van der Waals surface area contributed by atoms with Gasteiger partial charge in [0.2, 0.25) is 0 Å². The molecule has 0 amide bonds. The van der Waals surface area contributed by atoms with Crippen LogP contribution in [0.25, 0.3) is 0 Å². The molecule has 2 rings (SSSR count). The highest BCUT2D eigenvalue weighted by Gasteiger charge is 2.15. The van der Waals surface area contributed by atoms with Crippen LogP contribution in [0.15, 0.2) is 18.2 Å². The highest BCUT2D eigenvalue weighted by atomic mass is 16.5. The number of nitrogens with one attached hydrogen (secondary N) is 1. The van der Waals surface area contributed by atoms with E-state index in [1.54, 1.807) is 0 Å². The minimum Gasteiger partial charge on any atom is -0.492 e. The highest BCUT2D eigenvalue weighted by molar-refractivity contribution is 5.52. The Bertz CT molecular complexity index is 396. The Balaban J connectivity index is 2.23. The molecule has 0 aromatic heterocycles. The SMILES string of the molecule is CN1CCOc2ccc(NC(C)(C)C)cc2C1. The zero-order chi connectivity index (χ0) is 12.5. The van der Waals surface area contributed by atoms with Crippen LogP contribution in [-0.2, 0) is 6.54 Å². The zero-order valence-corrected chi connectivity index (χ0v) is 11.2. The third-order valence-electron chi connectivity index (χ3n) is 2.75. The molecule has 0 spiro atoms. The summed E-state index contributed by atoms with van der Waals surface area (Å²) in [4.78, 5) is 2.28. The van der Waals surface area contributed by atoms with E-state index in [0.29, 0.717) is 0 Å². The standard InChI is InChI=1S/C14H22N2O/c1-14(2,3)15-12-5-6-13-11(9-12)10-16(4)7-8-17-13/h5-6,9,15H,7-8,10H2,1-4H3. The fraction of sp³-hybridized carbons (Fsp3) is 0.571. The molecule has 1 aliphatic heterocycles. The van der Waals surface area contributed by atoms with E-state index >= 15 is 0 Å². The van der Waals surface area contributed by atoms with Crippen molar-refractivity contribution in [3.63, 3.8) is 0 Å². The van der Waals surface area contributed by atoms with Crippen molar-refractivity contribution in [2.24, 2.45) is 0 Å². The van der Waals surface area contributed by atoms with E-state index in [1.807, 2.05) is 0 Å². The molecule has 0 saturated heterocycles. The number of rotatable bonds is 1. The zero-order valence-electron chi connectivity index (χ0n) is 11.2. The van der Waals surface area contributed by atoms with Gasteiger partial charge in [0.05, 0.1) is 0 Å². The molecule has 0 saturated carbocycles. The monoisotopic (exact) mass is 234 g/mol. The Hall–Kier alpha value is -1.22. The van der Waals surface area contributed by atoms with Gasteiger partial charge in [0.1, 0.15) is 12.4 Å². The molecule has 94 valence electrons. The molecule has 1 aromatic rings. The normalized spacial score (nSPS) is 16.9. The van der Waals surface area contributed by atoms with Crippen molar-refractivity contribution >= 4 is 5.69 Å². The predicted molar refractivity (Wildman–Crippen MR) is 71.6 cm³/mol. The topological polar surface area (TPSA) is 24.5 Å². The van der Waals surface area contributed by atoms with Crippen molar-refractivity contribution < 1.29 is 4.74 Å². The van der Waals surface area contributed by atoms with Gasteiger partial charge in [-0.3, -0.25) is 4.90 Å². The van der Waals surface area contributed by atoms with Crippen molar-refractivity contribution in [3.8, 4) is 5.75 Å². The molecule has 1 N–H and O–H groups in total. The van der Waals surface area contributed by atoms with Gasteiger partial charge in [-0.15, -0.1) is 0 Å².